The van der Waals surface area contributed by atoms with Gasteiger partial charge in [0.2, 0.25) is 0 Å². The lowest BCUT2D eigenvalue weighted by Crippen LogP contribution is -2.38. The van der Waals surface area contributed by atoms with Gasteiger partial charge in [-0.25, -0.2) is 9.37 Å². The number of halogens is 3. The first-order valence-electron chi connectivity index (χ1n) is 8.35. The zero-order valence-electron chi connectivity index (χ0n) is 14.9. The third kappa shape index (κ3) is 5.07. The van der Waals surface area contributed by atoms with Gasteiger partial charge in [0, 0.05) is 35.0 Å². The molecule has 1 fully saturated rings. The van der Waals surface area contributed by atoms with Crippen LogP contribution >= 0.6 is 46.9 Å². The molecule has 1 aliphatic carbocycles. The van der Waals surface area contributed by atoms with Crippen molar-refractivity contribution in [3.63, 3.8) is 0 Å². The van der Waals surface area contributed by atoms with E-state index in [2.05, 4.69) is 39.8 Å². The van der Waals surface area contributed by atoms with Crippen LogP contribution in [0.3, 0.4) is 0 Å². The zero-order chi connectivity index (χ0) is 18.0. The standard InChI is InChI=1S/C18H22ClFN4S.HI/c1-10(2)15-9-25-16(23-15)8-22-18(21-3)24-14-7-11(14)17-12(19)5-4-6-13(17)20;/h4-6,9-11,14H,7-8H2,1-3H3,(H2,21,22,24);1H. The number of nitrogens with zero attached hydrogens (tertiary/aromatic N) is 2. The van der Waals surface area contributed by atoms with Crippen LogP contribution in [0.4, 0.5) is 4.39 Å². The van der Waals surface area contributed by atoms with Gasteiger partial charge in [-0.3, -0.25) is 4.99 Å². The molecule has 8 heteroatoms. The highest BCUT2D eigenvalue weighted by molar-refractivity contribution is 14.0. The molecule has 0 saturated heterocycles. The van der Waals surface area contributed by atoms with Crippen molar-refractivity contribution < 1.29 is 4.39 Å². The predicted molar refractivity (Wildman–Crippen MR) is 118 cm³/mol. The molecule has 0 radical (unpaired) electrons. The Bertz CT molecular complexity index is 760. The molecule has 0 amide bonds. The van der Waals surface area contributed by atoms with Gasteiger partial charge in [-0.05, 0) is 24.5 Å². The van der Waals surface area contributed by atoms with E-state index in [1.165, 1.54) is 6.07 Å². The lowest BCUT2D eigenvalue weighted by molar-refractivity contribution is 0.608. The summed E-state index contributed by atoms with van der Waals surface area (Å²) in [5, 5.41) is 10.2. The van der Waals surface area contributed by atoms with Gasteiger partial charge in [-0.1, -0.05) is 31.5 Å². The summed E-state index contributed by atoms with van der Waals surface area (Å²) in [6.45, 7) is 4.89. The summed E-state index contributed by atoms with van der Waals surface area (Å²) in [6.07, 6.45) is 0.843. The Kier molecular flexibility index (Phi) is 7.66. The number of nitrogens with one attached hydrogen (secondary N) is 2. The lowest BCUT2D eigenvalue weighted by Gasteiger charge is -2.11. The summed E-state index contributed by atoms with van der Waals surface area (Å²) in [5.74, 6) is 0.967. The van der Waals surface area contributed by atoms with Crippen LogP contribution in [0.5, 0.6) is 0 Å². The molecule has 2 aromatic rings. The number of guanidine groups is 1. The van der Waals surface area contributed by atoms with Crippen molar-refractivity contribution in [3.8, 4) is 0 Å². The molecule has 1 saturated carbocycles. The first-order valence-corrected chi connectivity index (χ1v) is 9.60. The molecule has 3 rings (SSSR count). The highest BCUT2D eigenvalue weighted by Crippen LogP contribution is 2.44. The number of rotatable bonds is 5. The Morgan fingerprint density at radius 1 is 1.46 bits per heavy atom. The smallest absolute Gasteiger partial charge is 0.191 e. The van der Waals surface area contributed by atoms with E-state index in [0.29, 0.717) is 29.0 Å². The highest BCUT2D eigenvalue weighted by atomic mass is 127. The minimum absolute atomic E-state index is 0. The molecule has 1 aromatic heterocycles. The summed E-state index contributed by atoms with van der Waals surface area (Å²) in [5.41, 5.74) is 1.71. The lowest BCUT2D eigenvalue weighted by atomic mass is 10.1. The van der Waals surface area contributed by atoms with E-state index >= 15 is 0 Å². The molecule has 1 heterocycles. The van der Waals surface area contributed by atoms with Crippen LogP contribution in [0.25, 0.3) is 0 Å². The van der Waals surface area contributed by atoms with Gasteiger partial charge >= 0.3 is 0 Å². The number of benzene rings is 1. The van der Waals surface area contributed by atoms with Crippen LogP contribution in [0, 0.1) is 5.82 Å². The zero-order valence-corrected chi connectivity index (χ0v) is 18.8. The third-order valence-electron chi connectivity index (χ3n) is 4.27. The average Bonchev–Trinajstić information content (AvgIpc) is 3.14. The summed E-state index contributed by atoms with van der Waals surface area (Å²) in [7, 11) is 1.73. The van der Waals surface area contributed by atoms with Gasteiger partial charge < -0.3 is 10.6 Å². The molecule has 26 heavy (non-hydrogen) atoms. The van der Waals surface area contributed by atoms with E-state index in [4.69, 9.17) is 11.6 Å². The minimum atomic E-state index is -0.242. The third-order valence-corrected chi connectivity index (χ3v) is 5.47. The molecule has 0 bridgehead atoms. The topological polar surface area (TPSA) is 49.3 Å². The maximum absolute atomic E-state index is 14.0. The Hall–Kier alpha value is -0.930. The SMILES string of the molecule is CN=C(NCc1nc(C(C)C)cs1)NC1CC1c1c(F)cccc1Cl.I. The summed E-state index contributed by atoms with van der Waals surface area (Å²) < 4.78 is 14.0. The van der Waals surface area contributed by atoms with E-state index in [-0.39, 0.29) is 41.8 Å². The molecule has 0 aliphatic heterocycles. The second-order valence-electron chi connectivity index (χ2n) is 6.47. The quantitative estimate of drug-likeness (QED) is 0.343. The largest absolute Gasteiger partial charge is 0.353 e. The maximum Gasteiger partial charge on any atom is 0.191 e. The summed E-state index contributed by atoms with van der Waals surface area (Å²) >= 11 is 7.79. The Morgan fingerprint density at radius 3 is 2.85 bits per heavy atom. The fraction of sp³-hybridized carbons (Fsp3) is 0.444. The van der Waals surface area contributed by atoms with E-state index in [0.717, 1.165) is 17.1 Å². The predicted octanol–water partition coefficient (Wildman–Crippen LogP) is 4.90. The fourth-order valence-corrected chi connectivity index (χ4v) is 3.94. The van der Waals surface area contributed by atoms with Gasteiger partial charge in [-0.2, -0.15) is 0 Å². The molecule has 1 aliphatic rings. The van der Waals surface area contributed by atoms with Gasteiger partial charge in [0.15, 0.2) is 5.96 Å². The van der Waals surface area contributed by atoms with Gasteiger partial charge in [0.1, 0.15) is 10.8 Å². The normalized spacial score (nSPS) is 19.2. The number of aromatic nitrogens is 1. The van der Waals surface area contributed by atoms with Crippen LogP contribution in [-0.2, 0) is 6.54 Å². The van der Waals surface area contributed by atoms with E-state index < -0.39 is 0 Å². The molecule has 2 unspecified atom stereocenters. The first kappa shape index (κ1) is 21.4. The van der Waals surface area contributed by atoms with Crippen molar-refractivity contribution in [1.82, 2.24) is 15.6 Å². The second kappa shape index (κ2) is 9.32. The maximum atomic E-state index is 14.0. The van der Waals surface area contributed by atoms with Crippen molar-refractivity contribution in [2.75, 3.05) is 7.05 Å². The van der Waals surface area contributed by atoms with Crippen LogP contribution in [-0.4, -0.2) is 24.0 Å². The average molecular weight is 509 g/mol. The van der Waals surface area contributed by atoms with Crippen LogP contribution < -0.4 is 10.6 Å². The van der Waals surface area contributed by atoms with Crippen LogP contribution in [0.2, 0.25) is 5.02 Å². The van der Waals surface area contributed by atoms with Crippen molar-refractivity contribution in [2.45, 2.75) is 44.7 Å². The number of hydrogen-bond acceptors (Lipinski definition) is 3. The van der Waals surface area contributed by atoms with Gasteiger partial charge in [0.25, 0.3) is 0 Å². The second-order valence-corrected chi connectivity index (χ2v) is 7.82. The molecule has 4 nitrogen and oxygen atoms in total. The van der Waals surface area contributed by atoms with Gasteiger partial charge in [-0.15, -0.1) is 35.3 Å². The van der Waals surface area contributed by atoms with Crippen LogP contribution in [0.15, 0.2) is 28.6 Å². The Labute approximate surface area is 179 Å². The number of hydrogen-bond donors (Lipinski definition) is 2. The molecule has 1 aromatic carbocycles. The molecular formula is C18H23ClFIN4S. The van der Waals surface area contributed by atoms with Gasteiger partial charge in [0.05, 0.1) is 12.2 Å². The summed E-state index contributed by atoms with van der Waals surface area (Å²) in [6, 6.07) is 4.96. The Morgan fingerprint density at radius 2 is 2.23 bits per heavy atom. The molecule has 142 valence electrons. The molecular weight excluding hydrogens is 486 g/mol. The number of aliphatic imine (C=N–C) groups is 1. The molecule has 2 atom stereocenters. The molecule has 2 N–H and O–H groups in total. The molecule has 0 spiro atoms. The van der Waals surface area contributed by atoms with Crippen molar-refractivity contribution in [2.24, 2.45) is 4.99 Å². The van der Waals surface area contributed by atoms with Crippen molar-refractivity contribution >= 4 is 52.9 Å². The van der Waals surface area contributed by atoms with E-state index in [1.807, 2.05) is 0 Å². The van der Waals surface area contributed by atoms with E-state index in [1.54, 1.807) is 30.5 Å². The van der Waals surface area contributed by atoms with E-state index in [9.17, 15) is 4.39 Å². The highest BCUT2D eigenvalue weighted by Gasteiger charge is 2.41. The number of thiazole rings is 1. The monoisotopic (exact) mass is 508 g/mol. The van der Waals surface area contributed by atoms with Crippen LogP contribution in [0.1, 0.15) is 48.4 Å². The first-order chi connectivity index (χ1) is 12.0. The Balaban J connectivity index is 0.00000243. The summed E-state index contributed by atoms with van der Waals surface area (Å²) in [4.78, 5) is 8.85. The van der Waals surface area contributed by atoms with Crippen molar-refractivity contribution in [1.29, 1.82) is 0 Å². The van der Waals surface area contributed by atoms with Crippen molar-refractivity contribution in [3.05, 3.63) is 50.7 Å². The fourth-order valence-electron chi connectivity index (χ4n) is 2.74. The minimum Gasteiger partial charge on any atom is -0.353 e.